The number of fused-ring (bicyclic) bond motifs is 1. The first-order valence-electron chi connectivity index (χ1n) is 10.8. The van der Waals surface area contributed by atoms with Crippen LogP contribution < -0.4 is 15.1 Å². The maximum Gasteiger partial charge on any atom is 0.270 e. The van der Waals surface area contributed by atoms with Gasteiger partial charge in [0, 0.05) is 17.8 Å². The molecule has 0 saturated carbocycles. The standard InChI is InChI=1S/C25H25Cl2N3O2S/c1-5-29-19-10-9-15(11-16(19)14(2)13-25(29,3)4)12-17-22(31)28-24(33)30(23(17)32)20-8-6-7-18(26)21(20)27/h6-12,14H,5,13H2,1-4H3,(H,28,31,33)/b17-12-. The zero-order valence-electron chi connectivity index (χ0n) is 18.9. The molecule has 4 rings (SSSR count). The van der Waals surface area contributed by atoms with Crippen molar-refractivity contribution in [3.8, 4) is 0 Å². The first-order chi connectivity index (χ1) is 15.5. The zero-order chi connectivity index (χ0) is 24.1. The van der Waals surface area contributed by atoms with Crippen molar-refractivity contribution in [2.24, 2.45) is 0 Å². The van der Waals surface area contributed by atoms with E-state index in [1.165, 1.54) is 16.2 Å². The average Bonchev–Trinajstić information content (AvgIpc) is 2.74. The quantitative estimate of drug-likeness (QED) is 0.321. The predicted octanol–water partition coefficient (Wildman–Crippen LogP) is 5.94. The fourth-order valence-electron chi connectivity index (χ4n) is 4.91. The monoisotopic (exact) mass is 501 g/mol. The second-order valence-electron chi connectivity index (χ2n) is 9.01. The summed E-state index contributed by atoms with van der Waals surface area (Å²) in [7, 11) is 0. The molecule has 2 aliphatic heterocycles. The number of amides is 2. The smallest absolute Gasteiger partial charge is 0.270 e. The summed E-state index contributed by atoms with van der Waals surface area (Å²) >= 11 is 17.7. The summed E-state index contributed by atoms with van der Waals surface area (Å²) in [6.07, 6.45) is 2.62. The highest BCUT2D eigenvalue weighted by Crippen LogP contribution is 2.43. The molecule has 5 nitrogen and oxygen atoms in total. The molecule has 0 radical (unpaired) electrons. The molecule has 1 saturated heterocycles. The van der Waals surface area contributed by atoms with Crippen LogP contribution in [0.2, 0.25) is 10.0 Å². The Bertz CT molecular complexity index is 1210. The lowest BCUT2D eigenvalue weighted by Crippen LogP contribution is -2.54. The first-order valence-corrected chi connectivity index (χ1v) is 12.0. The van der Waals surface area contributed by atoms with Crippen molar-refractivity contribution in [3.63, 3.8) is 0 Å². The Labute approximate surface area is 209 Å². The number of hydrogen-bond acceptors (Lipinski definition) is 4. The first kappa shape index (κ1) is 23.7. The van der Waals surface area contributed by atoms with Crippen LogP contribution in [-0.2, 0) is 9.59 Å². The Kier molecular flexibility index (Phi) is 6.29. The van der Waals surface area contributed by atoms with Gasteiger partial charge >= 0.3 is 0 Å². The molecule has 1 fully saturated rings. The molecule has 0 aliphatic carbocycles. The van der Waals surface area contributed by atoms with Gasteiger partial charge in [-0.3, -0.25) is 19.8 Å². The number of nitrogens with zero attached hydrogens (tertiary/aromatic N) is 2. The molecule has 0 aromatic heterocycles. The Morgan fingerprint density at radius 1 is 1.18 bits per heavy atom. The lowest BCUT2D eigenvalue weighted by molar-refractivity contribution is -0.122. The molecule has 1 unspecified atom stereocenters. The van der Waals surface area contributed by atoms with Crippen molar-refractivity contribution in [3.05, 3.63) is 63.1 Å². The van der Waals surface area contributed by atoms with Crippen molar-refractivity contribution < 1.29 is 9.59 Å². The highest BCUT2D eigenvalue weighted by atomic mass is 35.5. The highest BCUT2D eigenvalue weighted by molar-refractivity contribution is 7.80. The fraction of sp³-hybridized carbons (Fsp3) is 0.320. The molecular formula is C25H25Cl2N3O2S. The van der Waals surface area contributed by atoms with E-state index >= 15 is 0 Å². The minimum atomic E-state index is -0.546. The number of nitrogens with one attached hydrogen (secondary N) is 1. The van der Waals surface area contributed by atoms with Gasteiger partial charge in [0.1, 0.15) is 5.57 Å². The van der Waals surface area contributed by atoms with E-state index in [-0.39, 0.29) is 21.2 Å². The van der Waals surface area contributed by atoms with Crippen molar-refractivity contribution in [1.29, 1.82) is 0 Å². The molecule has 2 aromatic rings. The summed E-state index contributed by atoms with van der Waals surface area (Å²) < 4.78 is 0. The lowest BCUT2D eigenvalue weighted by atomic mass is 9.79. The highest BCUT2D eigenvalue weighted by Gasteiger charge is 2.37. The Balaban J connectivity index is 1.75. The van der Waals surface area contributed by atoms with Gasteiger partial charge in [-0.2, -0.15) is 0 Å². The van der Waals surface area contributed by atoms with Gasteiger partial charge in [-0.05, 0) is 86.8 Å². The molecule has 2 aromatic carbocycles. The van der Waals surface area contributed by atoms with Crippen LogP contribution in [0, 0.1) is 0 Å². The van der Waals surface area contributed by atoms with Crippen LogP contribution >= 0.6 is 35.4 Å². The third kappa shape index (κ3) is 4.16. The van der Waals surface area contributed by atoms with E-state index in [2.05, 4.69) is 50.0 Å². The van der Waals surface area contributed by atoms with Gasteiger partial charge in [-0.15, -0.1) is 0 Å². The molecule has 0 bridgehead atoms. The topological polar surface area (TPSA) is 52.7 Å². The number of rotatable bonds is 3. The average molecular weight is 502 g/mol. The molecule has 1 atom stereocenters. The van der Waals surface area contributed by atoms with E-state index in [4.69, 9.17) is 35.4 Å². The Hall–Kier alpha value is -2.41. The number of halogens is 2. The van der Waals surface area contributed by atoms with Crippen molar-refractivity contribution in [1.82, 2.24) is 5.32 Å². The van der Waals surface area contributed by atoms with Gasteiger partial charge in [0.25, 0.3) is 11.8 Å². The van der Waals surface area contributed by atoms with Crippen LogP contribution in [0.1, 0.15) is 51.2 Å². The van der Waals surface area contributed by atoms with Crippen molar-refractivity contribution in [2.45, 2.75) is 45.6 Å². The summed E-state index contributed by atoms with van der Waals surface area (Å²) in [6, 6.07) is 11.0. The predicted molar refractivity (Wildman–Crippen MR) is 139 cm³/mol. The summed E-state index contributed by atoms with van der Waals surface area (Å²) in [4.78, 5) is 29.7. The van der Waals surface area contributed by atoms with Gasteiger partial charge in [-0.25, -0.2) is 0 Å². The molecular weight excluding hydrogens is 477 g/mol. The van der Waals surface area contributed by atoms with Gasteiger partial charge in [0.05, 0.1) is 15.7 Å². The second kappa shape index (κ2) is 8.75. The normalized spacial score (nSPS) is 21.3. The van der Waals surface area contributed by atoms with Gasteiger partial charge in [0.2, 0.25) is 0 Å². The van der Waals surface area contributed by atoms with Crippen LogP contribution in [0.25, 0.3) is 6.08 Å². The molecule has 2 heterocycles. The van der Waals surface area contributed by atoms with Crippen molar-refractivity contribution in [2.75, 3.05) is 16.3 Å². The maximum absolute atomic E-state index is 13.4. The van der Waals surface area contributed by atoms with Gasteiger partial charge in [0.15, 0.2) is 5.11 Å². The molecule has 33 heavy (non-hydrogen) atoms. The zero-order valence-corrected chi connectivity index (χ0v) is 21.2. The molecule has 0 spiro atoms. The van der Waals surface area contributed by atoms with Crippen LogP contribution in [0.5, 0.6) is 0 Å². The van der Waals surface area contributed by atoms with Crippen LogP contribution in [-0.4, -0.2) is 29.0 Å². The third-order valence-electron chi connectivity index (χ3n) is 6.31. The molecule has 1 N–H and O–H groups in total. The third-order valence-corrected chi connectivity index (χ3v) is 7.40. The Morgan fingerprint density at radius 3 is 2.61 bits per heavy atom. The largest absolute Gasteiger partial charge is 0.366 e. The minimum absolute atomic E-state index is 0.0178. The van der Waals surface area contributed by atoms with E-state index in [9.17, 15) is 9.59 Å². The fourth-order valence-corrected chi connectivity index (χ4v) is 5.56. The van der Waals surface area contributed by atoms with E-state index in [1.807, 2.05) is 6.07 Å². The van der Waals surface area contributed by atoms with E-state index < -0.39 is 11.8 Å². The van der Waals surface area contributed by atoms with Crippen LogP contribution in [0.15, 0.2) is 42.0 Å². The molecule has 172 valence electrons. The van der Waals surface area contributed by atoms with Gasteiger partial charge in [-0.1, -0.05) is 42.3 Å². The van der Waals surface area contributed by atoms with E-state index in [0.29, 0.717) is 16.6 Å². The summed E-state index contributed by atoms with van der Waals surface area (Å²) in [5.74, 6) is -0.738. The number of carbonyl (C=O) groups excluding carboxylic acids is 2. The maximum atomic E-state index is 13.4. The molecule has 2 amide bonds. The second-order valence-corrected chi connectivity index (χ2v) is 10.2. The minimum Gasteiger partial charge on any atom is -0.366 e. The summed E-state index contributed by atoms with van der Waals surface area (Å²) in [5.41, 5.74) is 3.54. The van der Waals surface area contributed by atoms with Crippen LogP contribution in [0.4, 0.5) is 11.4 Å². The van der Waals surface area contributed by atoms with Gasteiger partial charge < -0.3 is 4.90 Å². The Morgan fingerprint density at radius 2 is 1.91 bits per heavy atom. The van der Waals surface area contributed by atoms with E-state index in [0.717, 1.165) is 18.5 Å². The lowest BCUT2D eigenvalue weighted by Gasteiger charge is -2.47. The number of hydrogen-bond donors (Lipinski definition) is 1. The molecule has 8 heteroatoms. The SMILES string of the molecule is CCN1c2ccc(/C=C3/C(=O)NC(=S)N(c4cccc(Cl)c4Cl)C3=O)cc2C(C)CC1(C)C. The van der Waals surface area contributed by atoms with Crippen LogP contribution in [0.3, 0.4) is 0 Å². The number of thiocarbonyl (C=S) groups is 1. The van der Waals surface area contributed by atoms with E-state index in [1.54, 1.807) is 24.3 Å². The number of anilines is 2. The molecule has 2 aliphatic rings. The summed E-state index contributed by atoms with van der Waals surface area (Å²) in [5, 5.41) is 3.04. The summed E-state index contributed by atoms with van der Waals surface area (Å²) in [6.45, 7) is 9.79. The van der Waals surface area contributed by atoms with Crippen molar-refractivity contribution >= 4 is 69.8 Å². The number of carbonyl (C=O) groups is 2. The number of benzene rings is 2.